The van der Waals surface area contributed by atoms with E-state index in [1.54, 1.807) is 24.3 Å². The predicted molar refractivity (Wildman–Crippen MR) is 92.2 cm³/mol. The average molecular weight is 364 g/mol. The molecular weight excluding hydrogens is 345 g/mol. The molecule has 2 aromatic rings. The summed E-state index contributed by atoms with van der Waals surface area (Å²) in [5, 5.41) is 2.71. The molecule has 2 aromatic carbocycles. The number of benzene rings is 2. The smallest absolute Gasteiger partial charge is 0.399 e. The summed E-state index contributed by atoms with van der Waals surface area (Å²) in [4.78, 5) is 23.8. The van der Waals surface area contributed by atoms with Crippen LogP contribution >= 0.6 is 0 Å². The van der Waals surface area contributed by atoms with Crippen LogP contribution in [0.1, 0.15) is 36.1 Å². The van der Waals surface area contributed by atoms with Crippen molar-refractivity contribution in [2.75, 3.05) is 5.73 Å². The topological polar surface area (TPSA) is 72.2 Å². The maximum atomic E-state index is 12.8. The third kappa shape index (κ3) is 5.61. The lowest BCUT2D eigenvalue weighted by atomic mass is 10.0. The Balaban J connectivity index is 2.12. The summed E-state index contributed by atoms with van der Waals surface area (Å²) in [6, 6.07) is 10.8. The van der Waals surface area contributed by atoms with Crippen molar-refractivity contribution in [2.24, 2.45) is 0 Å². The normalized spacial score (nSPS) is 12.5. The Kier molecular flexibility index (Phi) is 6.02. The van der Waals surface area contributed by atoms with Crippen molar-refractivity contribution in [3.63, 3.8) is 0 Å². The van der Waals surface area contributed by atoms with Gasteiger partial charge in [0.2, 0.25) is 5.91 Å². The molecule has 0 unspecified atom stereocenters. The molecule has 0 aliphatic rings. The Bertz CT molecular complexity index is 786. The summed E-state index contributed by atoms with van der Waals surface area (Å²) >= 11 is 0. The van der Waals surface area contributed by atoms with Gasteiger partial charge in [0.25, 0.3) is 0 Å². The third-order valence-corrected chi connectivity index (χ3v) is 3.78. The van der Waals surface area contributed by atoms with Gasteiger partial charge in [-0.25, -0.2) is 0 Å². The number of alkyl halides is 3. The maximum Gasteiger partial charge on any atom is 0.416 e. The number of carbonyl (C=O) groups excluding carboxylic acids is 2. The van der Waals surface area contributed by atoms with Crippen LogP contribution in [0.2, 0.25) is 0 Å². The lowest BCUT2D eigenvalue weighted by Gasteiger charge is -2.18. The summed E-state index contributed by atoms with van der Waals surface area (Å²) in [7, 11) is 0. The molecule has 0 radical (unpaired) electrons. The van der Waals surface area contributed by atoms with Crippen LogP contribution < -0.4 is 11.1 Å². The Hall–Kier alpha value is -2.83. The fourth-order valence-electron chi connectivity index (χ4n) is 2.56. The number of hydrogen-bond donors (Lipinski definition) is 2. The highest BCUT2D eigenvalue weighted by Gasteiger charge is 2.30. The van der Waals surface area contributed by atoms with E-state index in [1.165, 1.54) is 19.1 Å². The number of rotatable bonds is 6. The largest absolute Gasteiger partial charge is 0.416 e. The number of hydrogen-bond acceptors (Lipinski definition) is 3. The summed E-state index contributed by atoms with van der Waals surface area (Å²) in [6.45, 7) is 1.41. The first-order valence-electron chi connectivity index (χ1n) is 7.95. The molecule has 0 saturated heterocycles. The lowest BCUT2D eigenvalue weighted by molar-refractivity contribution is -0.137. The number of halogens is 3. The fraction of sp³-hybridized carbons (Fsp3) is 0.263. The Morgan fingerprint density at radius 2 is 1.77 bits per heavy atom. The molecule has 3 N–H and O–H groups in total. The molecule has 0 saturated carbocycles. The van der Waals surface area contributed by atoms with Gasteiger partial charge in [-0.1, -0.05) is 30.3 Å². The number of anilines is 1. The number of carbonyl (C=O) groups is 2. The molecule has 0 bridgehead atoms. The molecule has 1 atom stereocenters. The molecule has 26 heavy (non-hydrogen) atoms. The Morgan fingerprint density at radius 1 is 1.12 bits per heavy atom. The van der Waals surface area contributed by atoms with Crippen molar-refractivity contribution in [1.29, 1.82) is 0 Å². The quantitative estimate of drug-likeness (QED) is 0.769. The first-order chi connectivity index (χ1) is 12.1. The highest BCUT2D eigenvalue weighted by Crippen LogP contribution is 2.29. The molecule has 2 rings (SSSR count). The molecule has 0 heterocycles. The molecule has 0 aliphatic carbocycles. The summed E-state index contributed by atoms with van der Waals surface area (Å²) in [6.07, 6.45) is -4.60. The first-order valence-corrected chi connectivity index (χ1v) is 7.95. The second-order valence-electron chi connectivity index (χ2n) is 6.07. The molecule has 138 valence electrons. The highest BCUT2D eigenvalue weighted by atomic mass is 19.4. The van der Waals surface area contributed by atoms with Gasteiger partial charge in [-0.3, -0.25) is 9.59 Å². The first kappa shape index (κ1) is 19.5. The SMILES string of the molecule is CC(=O)C[C@H](NC(=O)Cc1cccc(C(F)(F)F)c1)c1ccc(N)cc1. The Morgan fingerprint density at radius 3 is 2.35 bits per heavy atom. The van der Waals surface area contributed by atoms with Crippen molar-refractivity contribution in [2.45, 2.75) is 32.0 Å². The van der Waals surface area contributed by atoms with E-state index >= 15 is 0 Å². The molecule has 0 fully saturated rings. The zero-order valence-corrected chi connectivity index (χ0v) is 14.1. The molecule has 0 aliphatic heterocycles. The highest BCUT2D eigenvalue weighted by molar-refractivity contribution is 5.81. The number of amides is 1. The van der Waals surface area contributed by atoms with Crippen LogP contribution in [0.25, 0.3) is 0 Å². The van der Waals surface area contributed by atoms with E-state index in [1.807, 2.05) is 0 Å². The van der Waals surface area contributed by atoms with Gasteiger partial charge in [0.15, 0.2) is 0 Å². The second kappa shape index (κ2) is 8.03. The summed E-state index contributed by atoms with van der Waals surface area (Å²) < 4.78 is 38.3. The van der Waals surface area contributed by atoms with Crippen molar-refractivity contribution >= 4 is 17.4 Å². The van der Waals surface area contributed by atoms with Gasteiger partial charge in [-0.05, 0) is 36.2 Å². The summed E-state index contributed by atoms with van der Waals surface area (Å²) in [5.74, 6) is -0.585. The number of Topliss-reactive ketones (excluding diaryl/α,β-unsaturated/α-hetero) is 1. The van der Waals surface area contributed by atoms with E-state index in [0.717, 1.165) is 12.1 Å². The fourth-order valence-corrected chi connectivity index (χ4v) is 2.56. The van der Waals surface area contributed by atoms with E-state index < -0.39 is 23.7 Å². The Labute approximate surface area is 149 Å². The number of nitrogens with two attached hydrogens (primary N) is 1. The molecule has 1 amide bonds. The van der Waals surface area contributed by atoms with Gasteiger partial charge in [0.05, 0.1) is 18.0 Å². The van der Waals surface area contributed by atoms with Gasteiger partial charge in [-0.2, -0.15) is 13.2 Å². The molecule has 0 spiro atoms. The standard InChI is InChI=1S/C19H19F3N2O2/c1-12(25)9-17(14-5-7-16(23)8-6-14)24-18(26)11-13-3-2-4-15(10-13)19(20,21)22/h2-8,10,17H,9,11,23H2,1H3,(H,24,26)/t17-/m0/s1. The summed E-state index contributed by atoms with van der Waals surface area (Å²) in [5.41, 5.74) is 6.32. The second-order valence-corrected chi connectivity index (χ2v) is 6.07. The predicted octanol–water partition coefficient (Wildman–Crippen LogP) is 3.67. The molecule has 4 nitrogen and oxygen atoms in total. The maximum absolute atomic E-state index is 12.8. The average Bonchev–Trinajstić information content (AvgIpc) is 2.54. The van der Waals surface area contributed by atoms with Crippen molar-refractivity contribution in [3.05, 3.63) is 65.2 Å². The van der Waals surface area contributed by atoms with E-state index in [0.29, 0.717) is 11.3 Å². The molecule has 0 aromatic heterocycles. The molecular formula is C19H19F3N2O2. The van der Waals surface area contributed by atoms with E-state index in [2.05, 4.69) is 5.32 Å². The molecule has 7 heteroatoms. The number of nitrogens with one attached hydrogen (secondary N) is 1. The minimum Gasteiger partial charge on any atom is -0.399 e. The van der Waals surface area contributed by atoms with Crippen LogP contribution in [0, 0.1) is 0 Å². The van der Waals surface area contributed by atoms with Gasteiger partial charge >= 0.3 is 6.18 Å². The van der Waals surface area contributed by atoms with Crippen LogP contribution in [-0.2, 0) is 22.2 Å². The van der Waals surface area contributed by atoms with Crippen molar-refractivity contribution in [3.8, 4) is 0 Å². The van der Waals surface area contributed by atoms with Crippen LogP contribution in [0.4, 0.5) is 18.9 Å². The number of ketones is 1. The van der Waals surface area contributed by atoms with Crippen LogP contribution in [0.15, 0.2) is 48.5 Å². The van der Waals surface area contributed by atoms with Crippen LogP contribution in [-0.4, -0.2) is 11.7 Å². The van der Waals surface area contributed by atoms with Crippen LogP contribution in [0.5, 0.6) is 0 Å². The van der Waals surface area contributed by atoms with Crippen molar-refractivity contribution < 1.29 is 22.8 Å². The van der Waals surface area contributed by atoms with E-state index in [4.69, 9.17) is 5.73 Å². The third-order valence-electron chi connectivity index (χ3n) is 3.78. The van der Waals surface area contributed by atoms with E-state index in [-0.39, 0.29) is 24.2 Å². The van der Waals surface area contributed by atoms with Crippen LogP contribution in [0.3, 0.4) is 0 Å². The van der Waals surface area contributed by atoms with Crippen molar-refractivity contribution in [1.82, 2.24) is 5.32 Å². The zero-order valence-electron chi connectivity index (χ0n) is 14.1. The zero-order chi connectivity index (χ0) is 19.3. The lowest BCUT2D eigenvalue weighted by Crippen LogP contribution is -2.31. The minimum absolute atomic E-state index is 0.0816. The minimum atomic E-state index is -4.46. The number of nitrogen functional groups attached to an aromatic ring is 1. The van der Waals surface area contributed by atoms with Gasteiger partial charge in [0.1, 0.15) is 5.78 Å². The van der Waals surface area contributed by atoms with Gasteiger partial charge in [0, 0.05) is 12.1 Å². The van der Waals surface area contributed by atoms with E-state index in [9.17, 15) is 22.8 Å². The monoisotopic (exact) mass is 364 g/mol. The van der Waals surface area contributed by atoms with Gasteiger partial charge < -0.3 is 11.1 Å². The van der Waals surface area contributed by atoms with Gasteiger partial charge in [-0.15, -0.1) is 0 Å².